The van der Waals surface area contributed by atoms with E-state index in [9.17, 15) is 18.0 Å². The van der Waals surface area contributed by atoms with Gasteiger partial charge in [0.1, 0.15) is 12.4 Å². The summed E-state index contributed by atoms with van der Waals surface area (Å²) in [6, 6.07) is 8.63. The van der Waals surface area contributed by atoms with Crippen LogP contribution in [-0.4, -0.2) is 84.3 Å². The summed E-state index contributed by atoms with van der Waals surface area (Å²) in [7, 11) is -2.13. The van der Waals surface area contributed by atoms with Crippen LogP contribution in [0, 0.1) is 0 Å². The summed E-state index contributed by atoms with van der Waals surface area (Å²) in [6.07, 6.45) is 1.61. The van der Waals surface area contributed by atoms with E-state index in [1.807, 2.05) is 30.3 Å². The van der Waals surface area contributed by atoms with Crippen LogP contribution in [0.25, 0.3) is 0 Å². The number of sulfonamides is 1. The highest BCUT2D eigenvalue weighted by Gasteiger charge is 2.23. The largest absolute Gasteiger partial charge is 0.368 e. The molecule has 3 amide bonds. The van der Waals surface area contributed by atoms with Gasteiger partial charge in [0, 0.05) is 7.05 Å². The van der Waals surface area contributed by atoms with Gasteiger partial charge in [0.25, 0.3) is 0 Å². The quantitative estimate of drug-likeness (QED) is 0.252. The van der Waals surface area contributed by atoms with Crippen LogP contribution in [0.1, 0.15) is 49.9 Å². The molecule has 0 aliphatic rings. The van der Waals surface area contributed by atoms with E-state index in [0.717, 1.165) is 23.6 Å². The smallest absolute Gasteiger partial charge is 0.317 e. The molecule has 0 radical (unpaired) electrons. The molecule has 0 aliphatic carbocycles. The number of benzene rings is 1. The number of hydrogen-bond acceptors (Lipinski definition) is 7. The highest BCUT2D eigenvalue weighted by atomic mass is 32.2. The Morgan fingerprint density at radius 2 is 1.86 bits per heavy atom. The topological polar surface area (TPSA) is 166 Å². The Labute approximate surface area is 213 Å². The molecule has 200 valence electrons. The number of amides is 3. The molecule has 5 N–H and O–H groups in total. The van der Waals surface area contributed by atoms with Gasteiger partial charge in [0.15, 0.2) is 5.82 Å². The van der Waals surface area contributed by atoms with Crippen molar-refractivity contribution in [2.24, 2.45) is 5.73 Å². The number of aryl methyl sites for hydroxylation is 1. The molecule has 12 nitrogen and oxygen atoms in total. The number of nitrogens with one attached hydrogen (secondary N) is 3. The molecule has 1 aromatic carbocycles. The number of rotatable bonds is 16. The molecule has 1 aromatic heterocycles. The number of primary amides is 1. The first-order valence-electron chi connectivity index (χ1n) is 12.1. The summed E-state index contributed by atoms with van der Waals surface area (Å²) in [5, 5.41) is 9.57. The standard InChI is InChI=1S/C23H38N8O4S/c1-4-31(5-2)14-9-15-36(34,35)29-19(13-12-18-10-7-6-8-11-18)22-26-21(27-28-22)16-25-23(33)30(3)17-20(24)32/h6-8,10-11,19,29H,4-5,9,12-17H2,1-3H3,(H2,24,32)(H,25,33)(H,26,27,28)/t19-/m1/s1. The molecule has 1 heterocycles. The van der Waals surface area contributed by atoms with Gasteiger partial charge in [-0.05, 0) is 44.5 Å². The molecule has 0 fully saturated rings. The van der Waals surface area contributed by atoms with Crippen LogP contribution >= 0.6 is 0 Å². The fraction of sp³-hybridized carbons (Fsp3) is 0.565. The van der Waals surface area contributed by atoms with Crippen molar-refractivity contribution in [1.82, 2.24) is 35.0 Å². The van der Waals surface area contributed by atoms with Crippen LogP contribution in [0.5, 0.6) is 0 Å². The predicted molar refractivity (Wildman–Crippen MR) is 137 cm³/mol. The summed E-state index contributed by atoms with van der Waals surface area (Å²) in [4.78, 5) is 30.8. The van der Waals surface area contributed by atoms with E-state index in [-0.39, 0.29) is 18.8 Å². The lowest BCUT2D eigenvalue weighted by molar-refractivity contribution is -0.118. The van der Waals surface area contributed by atoms with Gasteiger partial charge >= 0.3 is 6.03 Å². The van der Waals surface area contributed by atoms with Crippen LogP contribution in [0.4, 0.5) is 4.79 Å². The summed E-state index contributed by atoms with van der Waals surface area (Å²) in [5.41, 5.74) is 6.18. The third kappa shape index (κ3) is 10.3. The minimum atomic E-state index is -3.58. The first-order chi connectivity index (χ1) is 17.1. The van der Waals surface area contributed by atoms with Crippen LogP contribution in [-0.2, 0) is 27.8 Å². The van der Waals surface area contributed by atoms with Crippen molar-refractivity contribution in [3.63, 3.8) is 0 Å². The predicted octanol–water partition coefficient (Wildman–Crippen LogP) is 0.757. The monoisotopic (exact) mass is 522 g/mol. The van der Waals surface area contributed by atoms with Crippen molar-refractivity contribution in [1.29, 1.82) is 0 Å². The number of carbonyl (C=O) groups excluding carboxylic acids is 2. The molecule has 0 saturated carbocycles. The van der Waals surface area contributed by atoms with E-state index in [2.05, 4.69) is 44.0 Å². The van der Waals surface area contributed by atoms with Crippen LogP contribution in [0.2, 0.25) is 0 Å². The zero-order valence-electron chi connectivity index (χ0n) is 21.2. The van der Waals surface area contributed by atoms with Gasteiger partial charge in [-0.25, -0.2) is 22.9 Å². The van der Waals surface area contributed by atoms with Crippen molar-refractivity contribution in [2.75, 3.05) is 39.0 Å². The molecule has 0 bridgehead atoms. The first kappa shape index (κ1) is 29.2. The molecular formula is C23H38N8O4S. The third-order valence-corrected chi connectivity index (χ3v) is 7.15. The minimum Gasteiger partial charge on any atom is -0.368 e. The molecule has 0 saturated heterocycles. The van der Waals surface area contributed by atoms with Gasteiger partial charge in [-0.1, -0.05) is 44.2 Å². The van der Waals surface area contributed by atoms with Gasteiger partial charge in [0.05, 0.1) is 18.3 Å². The zero-order chi connectivity index (χ0) is 26.6. The van der Waals surface area contributed by atoms with Gasteiger partial charge < -0.3 is 20.9 Å². The van der Waals surface area contributed by atoms with E-state index in [1.54, 1.807) is 0 Å². The summed E-state index contributed by atoms with van der Waals surface area (Å²) >= 11 is 0. The number of likely N-dealkylation sites (N-methyl/N-ethyl adjacent to an activating group) is 1. The number of aromatic amines is 1. The van der Waals surface area contributed by atoms with Crippen molar-refractivity contribution >= 4 is 22.0 Å². The molecule has 1 atom stereocenters. The summed E-state index contributed by atoms with van der Waals surface area (Å²) < 4.78 is 28.5. The highest BCUT2D eigenvalue weighted by molar-refractivity contribution is 7.89. The Hall–Kier alpha value is -3.03. The first-order valence-corrected chi connectivity index (χ1v) is 13.7. The lowest BCUT2D eigenvalue weighted by Crippen LogP contribution is -2.41. The second-order valence-electron chi connectivity index (χ2n) is 8.52. The Balaban J connectivity index is 2.06. The van der Waals surface area contributed by atoms with E-state index >= 15 is 0 Å². The molecular weight excluding hydrogens is 484 g/mol. The molecule has 0 aliphatic heterocycles. The molecule has 13 heteroatoms. The van der Waals surface area contributed by atoms with E-state index in [0.29, 0.717) is 37.5 Å². The maximum atomic E-state index is 12.9. The second-order valence-corrected chi connectivity index (χ2v) is 10.4. The second kappa shape index (κ2) is 14.5. The van der Waals surface area contributed by atoms with Crippen LogP contribution in [0.3, 0.4) is 0 Å². The third-order valence-electron chi connectivity index (χ3n) is 5.68. The number of H-pyrrole nitrogens is 1. The number of carbonyl (C=O) groups is 2. The normalized spacial score (nSPS) is 12.4. The van der Waals surface area contributed by atoms with Crippen molar-refractivity contribution < 1.29 is 18.0 Å². The number of aromatic nitrogens is 3. The highest BCUT2D eigenvalue weighted by Crippen LogP contribution is 2.18. The van der Waals surface area contributed by atoms with Crippen LogP contribution in [0.15, 0.2) is 30.3 Å². The fourth-order valence-electron chi connectivity index (χ4n) is 3.63. The molecule has 2 rings (SSSR count). The number of nitrogens with zero attached hydrogens (tertiary/aromatic N) is 4. The van der Waals surface area contributed by atoms with E-state index in [4.69, 9.17) is 5.73 Å². The number of nitrogens with two attached hydrogens (primary N) is 1. The molecule has 0 unspecified atom stereocenters. The molecule has 2 aromatic rings. The Morgan fingerprint density at radius 3 is 2.50 bits per heavy atom. The maximum absolute atomic E-state index is 12.9. The zero-order valence-corrected chi connectivity index (χ0v) is 22.1. The summed E-state index contributed by atoms with van der Waals surface area (Å²) in [6.45, 7) is 6.36. The average molecular weight is 523 g/mol. The van der Waals surface area contributed by atoms with Gasteiger partial charge in [0.2, 0.25) is 15.9 Å². The Morgan fingerprint density at radius 1 is 1.17 bits per heavy atom. The fourth-order valence-corrected chi connectivity index (χ4v) is 4.92. The van der Waals surface area contributed by atoms with Gasteiger partial charge in [-0.15, -0.1) is 0 Å². The maximum Gasteiger partial charge on any atom is 0.317 e. The van der Waals surface area contributed by atoms with Crippen LogP contribution < -0.4 is 15.8 Å². The summed E-state index contributed by atoms with van der Waals surface area (Å²) in [5.74, 6) is 0.0368. The van der Waals surface area contributed by atoms with Gasteiger partial charge in [-0.3, -0.25) is 9.89 Å². The van der Waals surface area contributed by atoms with Gasteiger partial charge in [-0.2, -0.15) is 5.10 Å². The minimum absolute atomic E-state index is 0.00483. The van der Waals surface area contributed by atoms with Crippen molar-refractivity contribution in [2.45, 2.75) is 45.7 Å². The Kier molecular flexibility index (Phi) is 11.8. The van der Waals surface area contributed by atoms with Crippen molar-refractivity contribution in [3.05, 3.63) is 47.5 Å². The van der Waals surface area contributed by atoms with Crippen molar-refractivity contribution in [3.8, 4) is 0 Å². The lowest BCUT2D eigenvalue weighted by atomic mass is 10.1. The SMILES string of the molecule is CCN(CC)CCCS(=O)(=O)N[C@H](CCc1ccccc1)c1n[nH]c(CNC(=O)N(C)CC(N)=O)n1. The molecule has 36 heavy (non-hydrogen) atoms. The molecule has 0 spiro atoms. The average Bonchev–Trinajstić information content (AvgIpc) is 3.32. The number of urea groups is 1. The van der Waals surface area contributed by atoms with E-state index in [1.165, 1.54) is 7.05 Å². The van der Waals surface area contributed by atoms with E-state index < -0.39 is 28.0 Å². The lowest BCUT2D eigenvalue weighted by Gasteiger charge is -2.19. The number of hydrogen-bond donors (Lipinski definition) is 4. The Bertz CT molecular complexity index is 1060.